The number of hydrogen-bond donors (Lipinski definition) is 2. The number of nitrogens with zero attached hydrogens (tertiary/aromatic N) is 3. The summed E-state index contributed by atoms with van der Waals surface area (Å²) in [6.07, 6.45) is 1.43. The highest BCUT2D eigenvalue weighted by Crippen LogP contribution is 2.43. The fourth-order valence-corrected chi connectivity index (χ4v) is 5.36. The molecule has 2 aromatic heterocycles. The van der Waals surface area contributed by atoms with Gasteiger partial charge in [0.25, 0.3) is 15.6 Å². The molecule has 0 aliphatic carbocycles. The number of ether oxygens (including phenoxy) is 4. The fraction of sp³-hybridized carbons (Fsp3) is 0.346. The Balaban J connectivity index is 1.85. The molecular weight excluding hydrogens is 526 g/mol. The van der Waals surface area contributed by atoms with Gasteiger partial charge in [-0.15, -0.1) is 5.10 Å². The molecule has 0 fully saturated rings. The van der Waals surface area contributed by atoms with Gasteiger partial charge in [-0.3, -0.25) is 9.52 Å². The van der Waals surface area contributed by atoms with Crippen LogP contribution in [0, 0.1) is 6.92 Å². The lowest BCUT2D eigenvalue weighted by Gasteiger charge is -2.17. The van der Waals surface area contributed by atoms with Crippen LogP contribution in [-0.2, 0) is 16.4 Å². The van der Waals surface area contributed by atoms with Gasteiger partial charge < -0.3 is 23.9 Å². The summed E-state index contributed by atoms with van der Waals surface area (Å²) in [6, 6.07) is 7.40. The first kappa shape index (κ1) is 27.8. The van der Waals surface area contributed by atoms with Crippen molar-refractivity contribution < 1.29 is 27.4 Å². The molecule has 12 nitrogen and oxygen atoms in total. The van der Waals surface area contributed by atoms with Crippen molar-refractivity contribution in [2.45, 2.75) is 38.5 Å². The van der Waals surface area contributed by atoms with Crippen LogP contribution in [0.5, 0.6) is 23.0 Å². The number of benzene rings is 2. The van der Waals surface area contributed by atoms with Crippen LogP contribution in [0.2, 0.25) is 0 Å². The third kappa shape index (κ3) is 5.21. The minimum atomic E-state index is -4.14. The Morgan fingerprint density at radius 2 is 1.72 bits per heavy atom. The van der Waals surface area contributed by atoms with Gasteiger partial charge in [0.2, 0.25) is 5.75 Å². The van der Waals surface area contributed by atoms with Gasteiger partial charge in [0.1, 0.15) is 11.6 Å². The lowest BCUT2D eigenvalue weighted by atomic mass is 10.2. The van der Waals surface area contributed by atoms with Gasteiger partial charge in [0.15, 0.2) is 22.8 Å². The average Bonchev–Trinajstić information content (AvgIpc) is 3.23. The summed E-state index contributed by atoms with van der Waals surface area (Å²) in [5.74, 6) is 1.91. The van der Waals surface area contributed by atoms with Crippen molar-refractivity contribution in [2.75, 3.05) is 32.7 Å². The van der Waals surface area contributed by atoms with E-state index in [9.17, 15) is 13.2 Å². The highest BCUT2D eigenvalue weighted by atomic mass is 32.2. The summed E-state index contributed by atoms with van der Waals surface area (Å²) in [5, 5.41) is 4.62. The third-order valence-electron chi connectivity index (χ3n) is 5.98. The maximum absolute atomic E-state index is 13.5. The Hall–Kier alpha value is -4.26. The van der Waals surface area contributed by atoms with E-state index in [1.165, 1.54) is 50.1 Å². The highest BCUT2D eigenvalue weighted by Gasteiger charge is 2.24. The molecule has 0 unspecified atom stereocenters. The number of nitrogens with one attached hydrogen (secondary N) is 2. The van der Waals surface area contributed by atoms with E-state index in [0.717, 1.165) is 6.42 Å². The second-order valence-electron chi connectivity index (χ2n) is 8.50. The molecule has 2 heterocycles. The topological polar surface area (TPSA) is 146 Å². The van der Waals surface area contributed by atoms with E-state index in [2.05, 4.69) is 19.8 Å². The van der Waals surface area contributed by atoms with Crippen LogP contribution >= 0.6 is 0 Å². The first-order valence-corrected chi connectivity index (χ1v) is 13.7. The van der Waals surface area contributed by atoms with E-state index in [-0.39, 0.29) is 27.9 Å². The molecule has 4 rings (SSSR count). The Bertz CT molecular complexity index is 1680. The normalized spacial score (nSPS) is 11.4. The molecule has 0 radical (unpaired) electrons. The average molecular weight is 558 g/mol. The minimum Gasteiger partial charge on any atom is -0.493 e. The van der Waals surface area contributed by atoms with E-state index < -0.39 is 15.6 Å². The SMILES string of the molecule is CCCc1nc(C)c2c(=O)[nH]c(-c3cc(S(=O)(=O)Nc4ccc(OC)c(OC)c4OC)ccc3OCC)nn12. The van der Waals surface area contributed by atoms with Crippen molar-refractivity contribution in [3.8, 4) is 34.4 Å². The van der Waals surface area contributed by atoms with Crippen molar-refractivity contribution in [3.63, 3.8) is 0 Å². The molecule has 2 N–H and O–H groups in total. The summed E-state index contributed by atoms with van der Waals surface area (Å²) in [7, 11) is 0.150. The summed E-state index contributed by atoms with van der Waals surface area (Å²) in [6.45, 7) is 5.87. The number of aromatic nitrogens is 4. The van der Waals surface area contributed by atoms with Crippen LogP contribution in [0.4, 0.5) is 5.69 Å². The zero-order valence-corrected chi connectivity index (χ0v) is 23.4. The van der Waals surface area contributed by atoms with Gasteiger partial charge >= 0.3 is 0 Å². The minimum absolute atomic E-state index is 0.0869. The van der Waals surface area contributed by atoms with Gasteiger partial charge in [0, 0.05) is 6.42 Å². The highest BCUT2D eigenvalue weighted by molar-refractivity contribution is 7.92. The Kier molecular flexibility index (Phi) is 8.00. The number of H-pyrrole nitrogens is 1. The van der Waals surface area contributed by atoms with E-state index in [4.69, 9.17) is 18.9 Å². The summed E-state index contributed by atoms with van der Waals surface area (Å²) < 4.78 is 52.9. The summed E-state index contributed by atoms with van der Waals surface area (Å²) >= 11 is 0. The van der Waals surface area contributed by atoms with E-state index >= 15 is 0 Å². The van der Waals surface area contributed by atoms with Crippen molar-refractivity contribution in [1.82, 2.24) is 19.6 Å². The number of methoxy groups -OCH3 is 3. The number of rotatable bonds is 11. The molecule has 0 aliphatic rings. The molecule has 0 spiro atoms. The maximum atomic E-state index is 13.5. The lowest BCUT2D eigenvalue weighted by Crippen LogP contribution is -2.17. The molecule has 0 saturated carbocycles. The predicted octanol–water partition coefficient (Wildman–Crippen LogP) is 3.57. The number of sulfonamides is 1. The smallest absolute Gasteiger partial charge is 0.277 e. The van der Waals surface area contributed by atoms with E-state index in [1.807, 2.05) is 6.92 Å². The van der Waals surface area contributed by atoms with Crippen LogP contribution in [0.15, 0.2) is 40.0 Å². The Labute approximate surface area is 226 Å². The van der Waals surface area contributed by atoms with Gasteiger partial charge in [-0.1, -0.05) is 6.92 Å². The number of aromatic amines is 1. The molecule has 2 aromatic carbocycles. The first-order chi connectivity index (χ1) is 18.7. The molecule has 4 aromatic rings. The first-order valence-electron chi connectivity index (χ1n) is 12.3. The summed E-state index contributed by atoms with van der Waals surface area (Å²) in [4.78, 5) is 20.2. The molecule has 0 atom stereocenters. The number of fused-ring (bicyclic) bond motifs is 1. The van der Waals surface area contributed by atoms with E-state index in [0.29, 0.717) is 47.1 Å². The van der Waals surface area contributed by atoms with Gasteiger partial charge in [-0.05, 0) is 50.6 Å². The number of anilines is 1. The summed E-state index contributed by atoms with van der Waals surface area (Å²) in [5.41, 5.74) is 0.957. The molecular formula is C26H31N5O7S. The van der Waals surface area contributed by atoms with Gasteiger partial charge in [-0.25, -0.2) is 17.9 Å². The van der Waals surface area contributed by atoms with Crippen LogP contribution in [-0.4, -0.2) is 55.9 Å². The Morgan fingerprint density at radius 3 is 2.36 bits per heavy atom. The largest absolute Gasteiger partial charge is 0.493 e. The molecule has 208 valence electrons. The standard InChI is InChI=1S/C26H31N5O7S/c1-7-9-21-27-15(3)22-26(32)28-25(29-31(21)22)17-14-16(10-12-19(17)38-8-2)39(33,34)30-18-11-13-20(35-4)24(37-6)23(18)36-5/h10-14,30H,7-9H2,1-6H3,(H,28,29,32). The molecule has 0 amide bonds. The van der Waals surface area contributed by atoms with Crippen molar-refractivity contribution in [1.29, 1.82) is 0 Å². The van der Waals surface area contributed by atoms with Crippen LogP contribution in [0.1, 0.15) is 31.8 Å². The fourth-order valence-electron chi connectivity index (χ4n) is 4.27. The zero-order chi connectivity index (χ0) is 28.3. The molecule has 13 heteroatoms. The van der Waals surface area contributed by atoms with Crippen molar-refractivity contribution in [3.05, 3.63) is 52.2 Å². The molecule has 0 aliphatic heterocycles. The number of aryl methyl sites for hydroxylation is 2. The molecule has 39 heavy (non-hydrogen) atoms. The third-order valence-corrected chi connectivity index (χ3v) is 7.34. The Morgan fingerprint density at radius 1 is 1.00 bits per heavy atom. The molecule has 0 saturated heterocycles. The van der Waals surface area contributed by atoms with Gasteiger partial charge in [-0.2, -0.15) is 0 Å². The van der Waals surface area contributed by atoms with Crippen LogP contribution in [0.25, 0.3) is 16.9 Å². The van der Waals surface area contributed by atoms with E-state index in [1.54, 1.807) is 19.9 Å². The van der Waals surface area contributed by atoms with Crippen LogP contribution < -0.4 is 29.2 Å². The second kappa shape index (κ2) is 11.2. The monoisotopic (exact) mass is 557 g/mol. The number of hydrogen-bond acceptors (Lipinski definition) is 9. The predicted molar refractivity (Wildman–Crippen MR) is 146 cm³/mol. The molecule has 0 bridgehead atoms. The van der Waals surface area contributed by atoms with Crippen molar-refractivity contribution >= 4 is 21.2 Å². The lowest BCUT2D eigenvalue weighted by molar-refractivity contribution is 0.325. The van der Waals surface area contributed by atoms with Crippen LogP contribution in [0.3, 0.4) is 0 Å². The number of imidazole rings is 1. The quantitative estimate of drug-likeness (QED) is 0.282. The maximum Gasteiger partial charge on any atom is 0.277 e. The van der Waals surface area contributed by atoms with Crippen molar-refractivity contribution in [2.24, 2.45) is 0 Å². The zero-order valence-electron chi connectivity index (χ0n) is 22.6. The van der Waals surface area contributed by atoms with Gasteiger partial charge in [0.05, 0.1) is 49.8 Å². The second-order valence-corrected chi connectivity index (χ2v) is 10.2.